The molecule has 0 bridgehead atoms. The monoisotopic (exact) mass is 445 g/mol. The molecule has 1 heterocycles. The molecular weight excluding hydrogens is 414 g/mol. The molecule has 0 aromatic heterocycles. The molecule has 7 nitrogen and oxygen atoms in total. The van der Waals surface area contributed by atoms with Gasteiger partial charge in [0, 0.05) is 18.8 Å². The minimum atomic E-state index is -3.57. The van der Waals surface area contributed by atoms with Crippen LogP contribution >= 0.6 is 0 Å². The third-order valence-corrected chi connectivity index (χ3v) is 7.56. The van der Waals surface area contributed by atoms with E-state index in [1.165, 1.54) is 4.31 Å². The maximum absolute atomic E-state index is 13.0. The van der Waals surface area contributed by atoms with Crippen LogP contribution in [0.5, 0.6) is 5.75 Å². The third kappa shape index (κ3) is 6.29. The topological polar surface area (TPSA) is 78.9 Å². The van der Waals surface area contributed by atoms with Gasteiger partial charge in [-0.1, -0.05) is 17.7 Å². The lowest BCUT2D eigenvalue weighted by Crippen LogP contribution is -2.44. The minimum absolute atomic E-state index is 0.00843. The predicted molar refractivity (Wildman–Crippen MR) is 122 cm³/mol. The molecule has 8 heteroatoms. The molecule has 1 amide bonds. The van der Waals surface area contributed by atoms with Gasteiger partial charge in [0.05, 0.1) is 17.9 Å². The lowest BCUT2D eigenvalue weighted by Gasteiger charge is -2.34. The normalized spacial score (nSPS) is 15.7. The quantitative estimate of drug-likeness (QED) is 0.675. The second kappa shape index (κ2) is 10.3. The number of hydrogen-bond donors (Lipinski definition) is 1. The summed E-state index contributed by atoms with van der Waals surface area (Å²) in [5.74, 6) is 0.535. The fraction of sp³-hybridized carbons (Fsp3) is 0.435. The summed E-state index contributed by atoms with van der Waals surface area (Å²) in [5, 5.41) is 2.78. The highest BCUT2D eigenvalue weighted by Gasteiger charge is 2.30. The fourth-order valence-corrected chi connectivity index (χ4v) is 4.97. The molecule has 0 aliphatic carbocycles. The first-order chi connectivity index (χ1) is 14.8. The van der Waals surface area contributed by atoms with Crippen LogP contribution in [-0.2, 0) is 14.8 Å². The van der Waals surface area contributed by atoms with Gasteiger partial charge in [0.1, 0.15) is 5.75 Å². The van der Waals surface area contributed by atoms with Crippen molar-refractivity contribution < 1.29 is 17.9 Å². The van der Waals surface area contributed by atoms with Crippen LogP contribution < -0.4 is 10.1 Å². The molecule has 2 aromatic rings. The van der Waals surface area contributed by atoms with E-state index < -0.39 is 10.0 Å². The molecule has 2 aromatic carbocycles. The molecule has 1 aliphatic heterocycles. The van der Waals surface area contributed by atoms with Gasteiger partial charge < -0.3 is 15.0 Å². The van der Waals surface area contributed by atoms with Gasteiger partial charge in [-0.05, 0) is 76.3 Å². The molecule has 0 spiro atoms. The van der Waals surface area contributed by atoms with Gasteiger partial charge in [0.25, 0.3) is 0 Å². The number of aryl methyl sites for hydroxylation is 1. The first-order valence-electron chi connectivity index (χ1n) is 10.5. The Morgan fingerprint density at radius 3 is 2.32 bits per heavy atom. The molecule has 31 heavy (non-hydrogen) atoms. The first-order valence-corrected chi connectivity index (χ1v) is 12.0. The average molecular weight is 446 g/mol. The number of nitrogens with zero attached hydrogens (tertiary/aromatic N) is 2. The molecule has 0 atom stereocenters. The maximum atomic E-state index is 13.0. The predicted octanol–water partition coefficient (Wildman–Crippen LogP) is 3.12. The average Bonchev–Trinajstić information content (AvgIpc) is 2.75. The Balaban J connectivity index is 1.51. The highest BCUT2D eigenvalue weighted by atomic mass is 32.2. The Bertz CT molecular complexity index is 967. The van der Waals surface area contributed by atoms with Gasteiger partial charge in [-0.15, -0.1) is 0 Å². The number of hydrogen-bond acceptors (Lipinski definition) is 5. The van der Waals surface area contributed by atoms with Crippen molar-refractivity contribution in [1.29, 1.82) is 0 Å². The van der Waals surface area contributed by atoms with Crippen LogP contribution in [0.4, 0.5) is 5.69 Å². The van der Waals surface area contributed by atoms with Crippen LogP contribution in [0.1, 0.15) is 24.8 Å². The zero-order valence-corrected chi connectivity index (χ0v) is 19.2. The Morgan fingerprint density at radius 2 is 1.71 bits per heavy atom. The molecule has 3 rings (SSSR count). The SMILES string of the molecule is Cc1ccc(OCCC(=O)Nc2ccc(S(=O)(=O)N(C)C3CCN(C)CC3)cc2)cc1. The summed E-state index contributed by atoms with van der Waals surface area (Å²) in [6, 6.07) is 14.0. The maximum Gasteiger partial charge on any atom is 0.243 e. The summed E-state index contributed by atoms with van der Waals surface area (Å²) in [6.07, 6.45) is 1.85. The molecule has 168 valence electrons. The van der Waals surface area contributed by atoms with E-state index in [9.17, 15) is 13.2 Å². The van der Waals surface area contributed by atoms with Crippen LogP contribution in [0.25, 0.3) is 0 Å². The smallest absolute Gasteiger partial charge is 0.243 e. The number of rotatable bonds is 8. The summed E-state index contributed by atoms with van der Waals surface area (Å²) in [4.78, 5) is 14.6. The van der Waals surface area contributed by atoms with E-state index in [0.29, 0.717) is 5.69 Å². The zero-order chi connectivity index (χ0) is 22.4. The standard InChI is InChI=1S/C23H31N3O4S/c1-18-4-8-21(9-5-18)30-17-14-23(27)24-19-6-10-22(11-7-19)31(28,29)26(3)20-12-15-25(2)16-13-20/h4-11,20H,12-17H2,1-3H3,(H,24,27). The Kier molecular flexibility index (Phi) is 7.69. The number of ether oxygens (including phenoxy) is 1. The van der Waals surface area contributed by atoms with Crippen LogP contribution in [0, 0.1) is 6.92 Å². The molecule has 1 fully saturated rings. The van der Waals surface area contributed by atoms with Gasteiger partial charge >= 0.3 is 0 Å². The van der Waals surface area contributed by atoms with Gasteiger partial charge in [-0.3, -0.25) is 4.79 Å². The summed E-state index contributed by atoms with van der Waals surface area (Å²) in [7, 11) is 0.129. The number of sulfonamides is 1. The fourth-order valence-electron chi connectivity index (χ4n) is 3.55. The summed E-state index contributed by atoms with van der Waals surface area (Å²) in [6.45, 7) is 4.05. The van der Waals surface area contributed by atoms with Crippen LogP contribution in [0.15, 0.2) is 53.4 Å². The van der Waals surface area contributed by atoms with Crippen LogP contribution in [0.3, 0.4) is 0 Å². The summed E-state index contributed by atoms with van der Waals surface area (Å²) >= 11 is 0. The van der Waals surface area contributed by atoms with Gasteiger partial charge in [0.15, 0.2) is 0 Å². The van der Waals surface area contributed by atoms with Crippen LogP contribution in [0.2, 0.25) is 0 Å². The molecule has 1 saturated heterocycles. The van der Waals surface area contributed by atoms with E-state index in [4.69, 9.17) is 4.74 Å². The van der Waals surface area contributed by atoms with Crippen molar-refractivity contribution >= 4 is 21.6 Å². The second-order valence-corrected chi connectivity index (χ2v) is 10.0. The van der Waals surface area contributed by atoms with E-state index in [1.54, 1.807) is 31.3 Å². The van der Waals surface area contributed by atoms with Crippen LogP contribution in [-0.4, -0.2) is 63.4 Å². The lowest BCUT2D eigenvalue weighted by atomic mass is 10.1. The largest absolute Gasteiger partial charge is 0.493 e. The molecule has 1 N–H and O–H groups in total. The number of piperidine rings is 1. The molecular formula is C23H31N3O4S. The van der Waals surface area contributed by atoms with Crippen molar-refractivity contribution in [3.63, 3.8) is 0 Å². The highest BCUT2D eigenvalue weighted by Crippen LogP contribution is 2.23. The van der Waals surface area contributed by atoms with Crippen molar-refractivity contribution in [1.82, 2.24) is 9.21 Å². The van der Waals surface area contributed by atoms with Crippen molar-refractivity contribution in [2.75, 3.05) is 39.1 Å². The van der Waals surface area contributed by atoms with Crippen molar-refractivity contribution in [3.8, 4) is 5.75 Å². The van der Waals surface area contributed by atoms with Crippen molar-refractivity contribution in [2.45, 2.75) is 37.1 Å². The van der Waals surface area contributed by atoms with E-state index >= 15 is 0 Å². The Morgan fingerprint density at radius 1 is 1.10 bits per heavy atom. The number of nitrogens with one attached hydrogen (secondary N) is 1. The van der Waals surface area contributed by atoms with E-state index in [2.05, 4.69) is 10.2 Å². The molecule has 0 saturated carbocycles. The molecule has 1 aliphatic rings. The minimum Gasteiger partial charge on any atom is -0.493 e. The van der Waals surface area contributed by atoms with Gasteiger partial charge in [-0.25, -0.2) is 8.42 Å². The molecule has 0 unspecified atom stereocenters. The van der Waals surface area contributed by atoms with Crippen molar-refractivity contribution in [2.24, 2.45) is 0 Å². The number of benzene rings is 2. The number of likely N-dealkylation sites (tertiary alicyclic amines) is 1. The second-order valence-electron chi connectivity index (χ2n) is 8.04. The summed E-state index contributed by atoms with van der Waals surface area (Å²) in [5.41, 5.74) is 1.70. The van der Waals surface area contributed by atoms with Crippen molar-refractivity contribution in [3.05, 3.63) is 54.1 Å². The number of carbonyl (C=O) groups is 1. The van der Waals surface area contributed by atoms with E-state index in [0.717, 1.165) is 37.2 Å². The Labute approximate surface area is 185 Å². The van der Waals surface area contributed by atoms with E-state index in [1.807, 2.05) is 38.2 Å². The number of carbonyl (C=O) groups excluding carboxylic acids is 1. The zero-order valence-electron chi connectivity index (χ0n) is 18.4. The summed E-state index contributed by atoms with van der Waals surface area (Å²) < 4.78 is 33.0. The Hall–Kier alpha value is -2.42. The number of amides is 1. The first kappa shape index (κ1) is 23.2. The number of anilines is 1. The lowest BCUT2D eigenvalue weighted by molar-refractivity contribution is -0.116. The highest BCUT2D eigenvalue weighted by molar-refractivity contribution is 7.89. The van der Waals surface area contributed by atoms with E-state index in [-0.39, 0.29) is 29.9 Å². The molecule has 0 radical (unpaired) electrons. The van der Waals surface area contributed by atoms with Gasteiger partial charge in [-0.2, -0.15) is 4.31 Å². The van der Waals surface area contributed by atoms with Gasteiger partial charge in [0.2, 0.25) is 15.9 Å². The third-order valence-electron chi connectivity index (χ3n) is 5.64.